The van der Waals surface area contributed by atoms with Gasteiger partial charge in [-0.25, -0.2) is 8.78 Å². The van der Waals surface area contributed by atoms with Crippen molar-refractivity contribution >= 4 is 0 Å². The zero-order valence-corrected chi connectivity index (χ0v) is 11.8. The van der Waals surface area contributed by atoms with E-state index in [0.29, 0.717) is 18.8 Å². The number of nitrogens with one attached hydrogen (secondary N) is 1. The predicted octanol–water partition coefficient (Wildman–Crippen LogP) is 4.47. The fraction of sp³-hybridized carbons (Fsp3) is 0.625. The maximum Gasteiger partial charge on any atom is 0.248 e. The minimum atomic E-state index is -2.45. The van der Waals surface area contributed by atoms with Crippen molar-refractivity contribution in [2.75, 3.05) is 6.54 Å². The van der Waals surface area contributed by atoms with Gasteiger partial charge >= 0.3 is 0 Å². The largest absolute Gasteiger partial charge is 0.310 e. The van der Waals surface area contributed by atoms with Gasteiger partial charge in [0.1, 0.15) is 0 Å². The summed E-state index contributed by atoms with van der Waals surface area (Å²) in [6.07, 6.45) is 1.29. The molecule has 0 aliphatic heterocycles. The molecule has 0 heterocycles. The predicted molar refractivity (Wildman–Crippen MR) is 74.5 cm³/mol. The molecule has 0 aromatic heterocycles. The van der Waals surface area contributed by atoms with Crippen LogP contribution in [0.2, 0.25) is 0 Å². The van der Waals surface area contributed by atoms with Crippen molar-refractivity contribution in [1.82, 2.24) is 5.32 Å². The number of halogens is 2. The zero-order valence-electron chi connectivity index (χ0n) is 11.8. The molecule has 0 saturated heterocycles. The lowest BCUT2D eigenvalue weighted by molar-refractivity contribution is -0.0497. The summed E-state index contributed by atoms with van der Waals surface area (Å²) in [6.45, 7) is 5.03. The number of aryl methyl sites for hydroxylation is 1. The Morgan fingerprint density at radius 3 is 2.47 bits per heavy atom. The van der Waals surface area contributed by atoms with Crippen LogP contribution in [0.5, 0.6) is 0 Å². The molecule has 1 fully saturated rings. The Hall–Kier alpha value is -0.960. The van der Waals surface area contributed by atoms with Crippen molar-refractivity contribution in [1.29, 1.82) is 0 Å². The van der Waals surface area contributed by atoms with Gasteiger partial charge in [0.2, 0.25) is 5.92 Å². The van der Waals surface area contributed by atoms with E-state index in [1.165, 1.54) is 11.1 Å². The van der Waals surface area contributed by atoms with Crippen molar-refractivity contribution in [2.24, 2.45) is 5.92 Å². The smallest absolute Gasteiger partial charge is 0.248 e. The molecule has 1 aromatic rings. The monoisotopic (exact) mass is 267 g/mol. The quantitative estimate of drug-likeness (QED) is 0.848. The van der Waals surface area contributed by atoms with Crippen molar-refractivity contribution < 1.29 is 8.78 Å². The van der Waals surface area contributed by atoms with Gasteiger partial charge in [0.15, 0.2) is 0 Å². The average molecular weight is 267 g/mol. The molecule has 0 bridgehead atoms. The second kappa shape index (κ2) is 6.00. The van der Waals surface area contributed by atoms with Gasteiger partial charge < -0.3 is 5.32 Å². The lowest BCUT2D eigenvalue weighted by Crippen LogP contribution is -2.34. The first-order valence-electron chi connectivity index (χ1n) is 7.20. The summed E-state index contributed by atoms with van der Waals surface area (Å²) >= 11 is 0. The molecule has 0 spiro atoms. The number of benzene rings is 1. The molecule has 1 atom stereocenters. The van der Waals surface area contributed by atoms with E-state index in [4.69, 9.17) is 0 Å². The van der Waals surface area contributed by atoms with Crippen LogP contribution in [0.25, 0.3) is 0 Å². The standard InChI is InChI=1S/C16H23F2N/c1-3-19-15(14-7-5-4-6-12(14)2)13-8-10-16(17,18)11-9-13/h4-7,13,15,19H,3,8-11H2,1-2H3. The van der Waals surface area contributed by atoms with E-state index < -0.39 is 5.92 Å². The Balaban J connectivity index is 2.15. The Labute approximate surface area is 114 Å². The molecular formula is C16H23F2N. The minimum Gasteiger partial charge on any atom is -0.310 e. The van der Waals surface area contributed by atoms with E-state index in [0.717, 1.165) is 6.54 Å². The molecule has 3 heteroatoms. The highest BCUT2D eigenvalue weighted by Crippen LogP contribution is 2.41. The highest BCUT2D eigenvalue weighted by atomic mass is 19.3. The first-order chi connectivity index (χ1) is 9.03. The second-order valence-corrected chi connectivity index (χ2v) is 5.59. The topological polar surface area (TPSA) is 12.0 Å². The summed E-state index contributed by atoms with van der Waals surface area (Å²) in [7, 11) is 0. The van der Waals surface area contributed by atoms with Gasteiger partial charge in [-0.15, -0.1) is 0 Å². The fourth-order valence-electron chi connectivity index (χ4n) is 3.08. The fourth-order valence-corrected chi connectivity index (χ4v) is 3.08. The Morgan fingerprint density at radius 2 is 1.89 bits per heavy atom. The number of hydrogen-bond donors (Lipinski definition) is 1. The van der Waals surface area contributed by atoms with Gasteiger partial charge in [-0.1, -0.05) is 31.2 Å². The van der Waals surface area contributed by atoms with Gasteiger partial charge in [-0.3, -0.25) is 0 Å². The van der Waals surface area contributed by atoms with Crippen LogP contribution in [0.1, 0.15) is 49.8 Å². The van der Waals surface area contributed by atoms with Crippen LogP contribution in [0, 0.1) is 12.8 Å². The van der Waals surface area contributed by atoms with Crippen LogP contribution in [0.4, 0.5) is 8.78 Å². The highest BCUT2D eigenvalue weighted by molar-refractivity contribution is 5.29. The first kappa shape index (κ1) is 14.4. The number of rotatable bonds is 4. The second-order valence-electron chi connectivity index (χ2n) is 5.59. The Bertz CT molecular complexity index is 407. The third-order valence-electron chi connectivity index (χ3n) is 4.18. The molecule has 1 nitrogen and oxygen atoms in total. The number of hydrogen-bond acceptors (Lipinski definition) is 1. The summed E-state index contributed by atoms with van der Waals surface area (Å²) in [6, 6.07) is 8.48. The molecule has 106 valence electrons. The van der Waals surface area contributed by atoms with Gasteiger partial charge in [-0.2, -0.15) is 0 Å². The summed E-state index contributed by atoms with van der Waals surface area (Å²) in [5, 5.41) is 3.49. The molecule has 2 rings (SSSR count). The lowest BCUT2D eigenvalue weighted by atomic mass is 9.78. The van der Waals surface area contributed by atoms with Crippen molar-refractivity contribution in [3.63, 3.8) is 0 Å². The van der Waals surface area contributed by atoms with Crippen molar-refractivity contribution in [2.45, 2.75) is 51.5 Å². The van der Waals surface area contributed by atoms with Crippen LogP contribution >= 0.6 is 0 Å². The van der Waals surface area contributed by atoms with Crippen molar-refractivity contribution in [3.8, 4) is 0 Å². The Morgan fingerprint density at radius 1 is 1.26 bits per heavy atom. The van der Waals surface area contributed by atoms with E-state index in [9.17, 15) is 8.78 Å². The van der Waals surface area contributed by atoms with Crippen LogP contribution in [0.15, 0.2) is 24.3 Å². The van der Waals surface area contributed by atoms with E-state index in [1.807, 2.05) is 12.1 Å². The highest BCUT2D eigenvalue weighted by Gasteiger charge is 2.37. The number of alkyl halides is 2. The summed E-state index contributed by atoms with van der Waals surface area (Å²) in [5.41, 5.74) is 2.50. The van der Waals surface area contributed by atoms with Gasteiger partial charge in [0.25, 0.3) is 0 Å². The molecule has 1 aliphatic carbocycles. The summed E-state index contributed by atoms with van der Waals surface area (Å²) in [4.78, 5) is 0. The van der Waals surface area contributed by atoms with Crippen LogP contribution in [0.3, 0.4) is 0 Å². The third-order valence-corrected chi connectivity index (χ3v) is 4.18. The zero-order chi connectivity index (χ0) is 13.9. The van der Waals surface area contributed by atoms with Crippen LogP contribution in [-0.2, 0) is 0 Å². The molecule has 1 N–H and O–H groups in total. The average Bonchev–Trinajstić information content (AvgIpc) is 2.38. The maximum absolute atomic E-state index is 13.3. The van der Waals surface area contributed by atoms with Crippen LogP contribution in [-0.4, -0.2) is 12.5 Å². The summed E-state index contributed by atoms with van der Waals surface area (Å²) < 4.78 is 26.6. The molecule has 0 radical (unpaired) electrons. The minimum absolute atomic E-state index is 0.0332. The molecular weight excluding hydrogens is 244 g/mol. The SMILES string of the molecule is CCNC(c1ccccc1C)C1CCC(F)(F)CC1. The molecule has 0 amide bonds. The van der Waals surface area contributed by atoms with E-state index in [-0.39, 0.29) is 18.9 Å². The lowest BCUT2D eigenvalue weighted by Gasteiger charge is -2.35. The molecule has 1 aliphatic rings. The third kappa shape index (κ3) is 3.53. The van der Waals surface area contributed by atoms with E-state index >= 15 is 0 Å². The normalized spacial score (nSPS) is 21.3. The summed E-state index contributed by atoms with van der Waals surface area (Å²) in [5.74, 6) is -2.13. The molecule has 1 aromatic carbocycles. The van der Waals surface area contributed by atoms with Gasteiger partial charge in [-0.05, 0) is 43.4 Å². The molecule has 19 heavy (non-hydrogen) atoms. The van der Waals surface area contributed by atoms with Crippen molar-refractivity contribution in [3.05, 3.63) is 35.4 Å². The van der Waals surface area contributed by atoms with Crippen LogP contribution < -0.4 is 5.32 Å². The Kier molecular flexibility index (Phi) is 4.56. The molecule has 1 saturated carbocycles. The molecule has 1 unspecified atom stereocenters. The van der Waals surface area contributed by atoms with Gasteiger partial charge in [0, 0.05) is 18.9 Å². The maximum atomic E-state index is 13.3. The van der Waals surface area contributed by atoms with Gasteiger partial charge in [0.05, 0.1) is 0 Å². The van der Waals surface area contributed by atoms with E-state index in [1.54, 1.807) is 0 Å². The first-order valence-corrected chi connectivity index (χ1v) is 7.20. The van der Waals surface area contributed by atoms with E-state index in [2.05, 4.69) is 31.3 Å².